The fourth-order valence-corrected chi connectivity index (χ4v) is 2.12. The summed E-state index contributed by atoms with van der Waals surface area (Å²) in [6, 6.07) is 2.46. The van der Waals surface area contributed by atoms with Crippen molar-refractivity contribution >= 4 is 0 Å². The van der Waals surface area contributed by atoms with E-state index in [1.54, 1.807) is 7.11 Å². The summed E-state index contributed by atoms with van der Waals surface area (Å²) in [6.45, 7) is 6.95. The lowest BCUT2D eigenvalue weighted by atomic mass is 9.89. The van der Waals surface area contributed by atoms with Gasteiger partial charge in [-0.25, -0.2) is 0 Å². The van der Waals surface area contributed by atoms with Gasteiger partial charge < -0.3 is 9.64 Å². The van der Waals surface area contributed by atoms with Gasteiger partial charge in [0.15, 0.2) is 0 Å². The van der Waals surface area contributed by atoms with Crippen LogP contribution in [-0.4, -0.2) is 50.3 Å². The van der Waals surface area contributed by atoms with Crippen LogP contribution < -0.4 is 5.32 Å². The van der Waals surface area contributed by atoms with E-state index in [1.807, 2.05) is 0 Å². The Kier molecular flexibility index (Phi) is 5.75. The summed E-state index contributed by atoms with van der Waals surface area (Å²) < 4.78 is 5.00. The van der Waals surface area contributed by atoms with Gasteiger partial charge in [0, 0.05) is 26.8 Å². The van der Waals surface area contributed by atoms with Crippen LogP contribution in [0.5, 0.6) is 0 Å². The van der Waals surface area contributed by atoms with Crippen LogP contribution in [0.3, 0.4) is 0 Å². The van der Waals surface area contributed by atoms with Crippen molar-refractivity contribution in [2.45, 2.75) is 31.7 Å². The van der Waals surface area contributed by atoms with Crippen LogP contribution >= 0.6 is 0 Å². The van der Waals surface area contributed by atoms with E-state index in [4.69, 9.17) is 4.74 Å². The zero-order chi connectivity index (χ0) is 11.9. The van der Waals surface area contributed by atoms with Crippen molar-refractivity contribution in [3.63, 3.8) is 0 Å². The molecule has 1 heterocycles. The molecule has 4 heteroatoms. The Morgan fingerprint density at radius 3 is 2.62 bits per heavy atom. The van der Waals surface area contributed by atoms with Gasteiger partial charge in [-0.15, -0.1) is 0 Å². The maximum Gasteiger partial charge on any atom is 0.109 e. The van der Waals surface area contributed by atoms with Gasteiger partial charge in [-0.3, -0.25) is 5.32 Å². The molecule has 0 spiro atoms. The number of methoxy groups -OCH3 is 1. The molecule has 0 saturated carbocycles. The maximum absolute atomic E-state index is 9.29. The lowest BCUT2D eigenvalue weighted by Gasteiger charge is -2.37. The smallest absolute Gasteiger partial charge is 0.109 e. The highest BCUT2D eigenvalue weighted by atomic mass is 16.5. The summed E-state index contributed by atoms with van der Waals surface area (Å²) in [5.74, 6) is 0. The minimum absolute atomic E-state index is 0.292. The van der Waals surface area contributed by atoms with Gasteiger partial charge >= 0.3 is 0 Å². The van der Waals surface area contributed by atoms with Gasteiger partial charge in [-0.2, -0.15) is 5.26 Å². The number of nitriles is 1. The van der Waals surface area contributed by atoms with Crippen LogP contribution in [0.1, 0.15) is 26.2 Å². The second-order valence-corrected chi connectivity index (χ2v) is 4.40. The molecule has 0 aromatic heterocycles. The zero-order valence-corrected chi connectivity index (χ0v) is 10.5. The zero-order valence-electron chi connectivity index (χ0n) is 10.5. The molecule has 0 amide bonds. The van der Waals surface area contributed by atoms with Crippen molar-refractivity contribution in [3.05, 3.63) is 0 Å². The second-order valence-electron chi connectivity index (χ2n) is 4.40. The van der Waals surface area contributed by atoms with Crippen LogP contribution in [0.4, 0.5) is 0 Å². The Hall–Kier alpha value is -0.630. The highest BCUT2D eigenvalue weighted by molar-refractivity contribution is 5.09. The Bertz CT molecular complexity index is 229. The van der Waals surface area contributed by atoms with Crippen LogP contribution in [0.2, 0.25) is 0 Å². The predicted octanol–water partition coefficient (Wildman–Crippen LogP) is 0.991. The van der Waals surface area contributed by atoms with Crippen molar-refractivity contribution in [2.24, 2.45) is 0 Å². The molecule has 1 rings (SSSR count). The minimum Gasteiger partial charge on any atom is -0.385 e. The third kappa shape index (κ3) is 3.75. The number of hydrogen-bond acceptors (Lipinski definition) is 4. The van der Waals surface area contributed by atoms with Crippen molar-refractivity contribution in [2.75, 3.05) is 39.9 Å². The van der Waals surface area contributed by atoms with E-state index in [1.165, 1.54) is 0 Å². The van der Waals surface area contributed by atoms with Crippen molar-refractivity contribution in [1.29, 1.82) is 5.26 Å². The number of rotatable bonds is 6. The molecule has 0 radical (unpaired) electrons. The Morgan fingerprint density at radius 2 is 2.12 bits per heavy atom. The lowest BCUT2D eigenvalue weighted by Crippen LogP contribution is -2.52. The first-order chi connectivity index (χ1) is 7.76. The summed E-state index contributed by atoms with van der Waals surface area (Å²) in [4.78, 5) is 2.40. The first-order valence-electron chi connectivity index (χ1n) is 6.14. The monoisotopic (exact) mass is 225 g/mol. The van der Waals surface area contributed by atoms with Gasteiger partial charge in [0.1, 0.15) is 5.54 Å². The number of ether oxygens (including phenoxy) is 1. The van der Waals surface area contributed by atoms with Gasteiger partial charge in [0.05, 0.1) is 6.07 Å². The quantitative estimate of drug-likeness (QED) is 0.685. The maximum atomic E-state index is 9.29. The van der Waals surface area contributed by atoms with Gasteiger partial charge in [-0.05, 0) is 32.4 Å². The molecule has 1 fully saturated rings. The molecular formula is C12H23N3O. The van der Waals surface area contributed by atoms with Gasteiger partial charge in [0.2, 0.25) is 0 Å². The van der Waals surface area contributed by atoms with E-state index in [0.717, 1.165) is 52.0 Å². The third-order valence-electron chi connectivity index (χ3n) is 3.36. The number of likely N-dealkylation sites (tertiary alicyclic amines) is 1. The van der Waals surface area contributed by atoms with E-state index in [9.17, 15) is 5.26 Å². The molecular weight excluding hydrogens is 202 g/mol. The Labute approximate surface area is 98.6 Å². The molecule has 0 unspecified atom stereocenters. The molecule has 0 aromatic rings. The molecule has 0 bridgehead atoms. The molecule has 92 valence electrons. The largest absolute Gasteiger partial charge is 0.385 e. The topological polar surface area (TPSA) is 48.3 Å². The summed E-state index contributed by atoms with van der Waals surface area (Å²) in [5, 5.41) is 12.7. The normalized spacial score (nSPS) is 20.6. The van der Waals surface area contributed by atoms with E-state index in [-0.39, 0.29) is 5.54 Å². The molecule has 0 aliphatic carbocycles. The van der Waals surface area contributed by atoms with Crippen LogP contribution in [0.15, 0.2) is 0 Å². The summed E-state index contributed by atoms with van der Waals surface area (Å²) in [5.41, 5.74) is -0.292. The first kappa shape index (κ1) is 13.4. The second kappa shape index (κ2) is 6.85. The SMILES string of the molecule is CCN1CCC(C#N)(NCCCOC)CC1. The Morgan fingerprint density at radius 1 is 1.44 bits per heavy atom. The lowest BCUT2D eigenvalue weighted by molar-refractivity contribution is 0.163. The molecule has 4 nitrogen and oxygen atoms in total. The molecule has 1 saturated heterocycles. The highest BCUT2D eigenvalue weighted by Crippen LogP contribution is 2.21. The predicted molar refractivity (Wildman–Crippen MR) is 64.2 cm³/mol. The van der Waals surface area contributed by atoms with Gasteiger partial charge in [-0.1, -0.05) is 6.92 Å². The Balaban J connectivity index is 2.32. The van der Waals surface area contributed by atoms with Crippen molar-refractivity contribution in [1.82, 2.24) is 10.2 Å². The average molecular weight is 225 g/mol. The summed E-state index contributed by atoms with van der Waals surface area (Å²) in [7, 11) is 1.71. The van der Waals surface area contributed by atoms with Crippen LogP contribution in [0, 0.1) is 11.3 Å². The molecule has 0 atom stereocenters. The average Bonchev–Trinajstić information content (AvgIpc) is 2.35. The van der Waals surface area contributed by atoms with Gasteiger partial charge in [0.25, 0.3) is 0 Å². The summed E-state index contributed by atoms with van der Waals surface area (Å²) >= 11 is 0. The van der Waals surface area contributed by atoms with Crippen molar-refractivity contribution in [3.8, 4) is 6.07 Å². The third-order valence-corrected chi connectivity index (χ3v) is 3.36. The fourth-order valence-electron chi connectivity index (χ4n) is 2.12. The van der Waals surface area contributed by atoms with E-state index in [2.05, 4.69) is 23.2 Å². The molecule has 1 aliphatic rings. The number of nitrogens with zero attached hydrogens (tertiary/aromatic N) is 2. The van der Waals surface area contributed by atoms with E-state index < -0.39 is 0 Å². The minimum atomic E-state index is -0.292. The van der Waals surface area contributed by atoms with E-state index >= 15 is 0 Å². The van der Waals surface area contributed by atoms with Crippen LogP contribution in [0.25, 0.3) is 0 Å². The van der Waals surface area contributed by atoms with E-state index in [0.29, 0.717) is 0 Å². The fraction of sp³-hybridized carbons (Fsp3) is 0.917. The van der Waals surface area contributed by atoms with Crippen molar-refractivity contribution < 1.29 is 4.74 Å². The molecule has 1 aliphatic heterocycles. The number of piperidine rings is 1. The number of nitrogens with one attached hydrogen (secondary N) is 1. The highest BCUT2D eigenvalue weighted by Gasteiger charge is 2.33. The standard InChI is InChI=1S/C12H23N3O/c1-3-15-8-5-12(11-13,6-9-15)14-7-4-10-16-2/h14H,3-10H2,1-2H3. The molecule has 16 heavy (non-hydrogen) atoms. The summed E-state index contributed by atoms with van der Waals surface area (Å²) in [6.07, 6.45) is 2.84. The molecule has 1 N–H and O–H groups in total. The first-order valence-corrected chi connectivity index (χ1v) is 6.14. The van der Waals surface area contributed by atoms with Crippen LogP contribution in [-0.2, 0) is 4.74 Å². The number of hydrogen-bond donors (Lipinski definition) is 1. The molecule has 0 aromatic carbocycles.